The van der Waals surface area contributed by atoms with Crippen LogP contribution < -0.4 is 11.1 Å². The number of nitrogens with zero attached hydrogens (tertiary/aromatic N) is 1. The fourth-order valence-corrected chi connectivity index (χ4v) is 3.65. The van der Waals surface area contributed by atoms with Crippen molar-refractivity contribution in [2.75, 3.05) is 20.6 Å². The van der Waals surface area contributed by atoms with Gasteiger partial charge < -0.3 is 16.0 Å². The smallest absolute Gasteiger partial charge is 0.240 e. The number of halogens is 1. The molecule has 0 aromatic heterocycles. The van der Waals surface area contributed by atoms with E-state index in [-0.39, 0.29) is 23.9 Å². The maximum Gasteiger partial charge on any atom is 0.240 e. The summed E-state index contributed by atoms with van der Waals surface area (Å²) in [6, 6.07) is 0. The summed E-state index contributed by atoms with van der Waals surface area (Å²) in [4.78, 5) is 14.6. The Morgan fingerprint density at radius 2 is 1.55 bits per heavy atom. The minimum atomic E-state index is -0.595. The number of nitrogens with two attached hydrogens (primary N) is 1. The second-order valence-corrected chi connectivity index (χ2v) is 6.73. The first-order valence-corrected chi connectivity index (χ1v) is 7.73. The summed E-state index contributed by atoms with van der Waals surface area (Å²) in [5.41, 5.74) is 5.76. The third kappa shape index (κ3) is 3.66. The predicted octanol–water partition coefficient (Wildman–Crippen LogP) is 2.06. The van der Waals surface area contributed by atoms with Crippen LogP contribution in [0.1, 0.15) is 57.8 Å². The molecule has 0 spiro atoms. The molecule has 2 fully saturated rings. The molecular weight excluding hydrogens is 274 g/mol. The number of carbonyl (C=O) groups excluding carboxylic acids is 1. The maximum absolute atomic E-state index is 12.3. The van der Waals surface area contributed by atoms with Crippen LogP contribution in [0, 0.1) is 0 Å². The van der Waals surface area contributed by atoms with Crippen LogP contribution in [-0.4, -0.2) is 42.5 Å². The SMILES string of the molecule is CN(C)C1(CNC(=O)C2(N)CCCC2)CCCCC1.Cl. The minimum Gasteiger partial charge on any atom is -0.353 e. The lowest BCUT2D eigenvalue weighted by Crippen LogP contribution is -2.58. The first-order valence-electron chi connectivity index (χ1n) is 7.73. The molecule has 2 aliphatic carbocycles. The largest absolute Gasteiger partial charge is 0.353 e. The van der Waals surface area contributed by atoms with E-state index in [1.54, 1.807) is 0 Å². The summed E-state index contributed by atoms with van der Waals surface area (Å²) in [7, 11) is 4.26. The average Bonchev–Trinajstić information content (AvgIpc) is 2.85. The highest BCUT2D eigenvalue weighted by Gasteiger charge is 2.39. The topological polar surface area (TPSA) is 58.4 Å². The van der Waals surface area contributed by atoms with Crippen molar-refractivity contribution in [1.82, 2.24) is 10.2 Å². The van der Waals surface area contributed by atoms with E-state index in [1.165, 1.54) is 32.1 Å². The van der Waals surface area contributed by atoms with Crippen LogP contribution in [0.2, 0.25) is 0 Å². The van der Waals surface area contributed by atoms with Gasteiger partial charge in [-0.15, -0.1) is 12.4 Å². The Kier molecular flexibility index (Phi) is 6.29. The molecule has 0 bridgehead atoms. The van der Waals surface area contributed by atoms with Gasteiger partial charge in [-0.2, -0.15) is 0 Å². The molecule has 4 nitrogen and oxygen atoms in total. The van der Waals surface area contributed by atoms with Crippen LogP contribution in [0.15, 0.2) is 0 Å². The van der Waals surface area contributed by atoms with Crippen molar-refractivity contribution in [1.29, 1.82) is 0 Å². The zero-order chi connectivity index (χ0) is 13.9. The molecule has 0 aromatic rings. The number of likely N-dealkylation sites (N-methyl/N-ethyl adjacent to an activating group) is 1. The van der Waals surface area contributed by atoms with Crippen molar-refractivity contribution < 1.29 is 4.79 Å². The van der Waals surface area contributed by atoms with Gasteiger partial charge in [0.1, 0.15) is 0 Å². The molecular formula is C15H30ClN3O. The third-order valence-corrected chi connectivity index (χ3v) is 5.26. The molecule has 118 valence electrons. The number of hydrogen-bond acceptors (Lipinski definition) is 3. The molecule has 0 atom stereocenters. The van der Waals surface area contributed by atoms with E-state index in [4.69, 9.17) is 5.73 Å². The van der Waals surface area contributed by atoms with Crippen LogP contribution in [0.25, 0.3) is 0 Å². The number of hydrogen-bond donors (Lipinski definition) is 2. The highest BCUT2D eigenvalue weighted by atomic mass is 35.5. The molecule has 2 aliphatic rings. The summed E-state index contributed by atoms with van der Waals surface area (Å²) in [6.45, 7) is 0.748. The molecule has 5 heteroatoms. The quantitative estimate of drug-likeness (QED) is 0.836. The van der Waals surface area contributed by atoms with Crippen molar-refractivity contribution >= 4 is 18.3 Å². The Hall–Kier alpha value is -0.320. The molecule has 0 aromatic carbocycles. The van der Waals surface area contributed by atoms with E-state index in [0.717, 1.165) is 32.2 Å². The van der Waals surface area contributed by atoms with E-state index in [2.05, 4.69) is 24.3 Å². The Morgan fingerprint density at radius 3 is 2.05 bits per heavy atom. The maximum atomic E-state index is 12.3. The average molecular weight is 304 g/mol. The van der Waals surface area contributed by atoms with Crippen LogP contribution in [0.5, 0.6) is 0 Å². The van der Waals surface area contributed by atoms with Crippen molar-refractivity contribution in [2.45, 2.75) is 68.9 Å². The van der Waals surface area contributed by atoms with Crippen molar-refractivity contribution in [3.8, 4) is 0 Å². The second kappa shape index (κ2) is 7.10. The van der Waals surface area contributed by atoms with Crippen LogP contribution >= 0.6 is 12.4 Å². The first kappa shape index (κ1) is 17.7. The molecule has 0 unspecified atom stereocenters. The van der Waals surface area contributed by atoms with Gasteiger partial charge in [0.2, 0.25) is 5.91 Å². The van der Waals surface area contributed by atoms with Gasteiger partial charge in [-0.1, -0.05) is 32.1 Å². The van der Waals surface area contributed by atoms with Gasteiger partial charge in [0, 0.05) is 12.1 Å². The summed E-state index contributed by atoms with van der Waals surface area (Å²) in [5.74, 6) is 0.0665. The Bertz CT molecular complexity index is 321. The monoisotopic (exact) mass is 303 g/mol. The highest BCUT2D eigenvalue weighted by molar-refractivity contribution is 5.86. The first-order chi connectivity index (χ1) is 8.99. The fraction of sp³-hybridized carbons (Fsp3) is 0.933. The van der Waals surface area contributed by atoms with Crippen LogP contribution in [0.3, 0.4) is 0 Å². The number of amides is 1. The van der Waals surface area contributed by atoms with Gasteiger partial charge in [0.05, 0.1) is 5.54 Å². The van der Waals surface area contributed by atoms with E-state index in [1.807, 2.05) is 0 Å². The molecule has 20 heavy (non-hydrogen) atoms. The van der Waals surface area contributed by atoms with Crippen molar-refractivity contribution in [3.05, 3.63) is 0 Å². The van der Waals surface area contributed by atoms with Crippen LogP contribution in [-0.2, 0) is 4.79 Å². The molecule has 0 heterocycles. The van der Waals surface area contributed by atoms with Gasteiger partial charge in [0.25, 0.3) is 0 Å². The Labute approximate surface area is 129 Å². The summed E-state index contributed by atoms with van der Waals surface area (Å²) < 4.78 is 0. The molecule has 0 radical (unpaired) electrons. The lowest BCUT2D eigenvalue weighted by molar-refractivity contribution is -0.126. The predicted molar refractivity (Wildman–Crippen MR) is 85.1 cm³/mol. The molecule has 2 saturated carbocycles. The van der Waals surface area contributed by atoms with Gasteiger partial charge in [-0.3, -0.25) is 4.79 Å². The standard InChI is InChI=1S/C15H29N3O.ClH/c1-18(2)14(8-4-3-5-9-14)12-17-13(19)15(16)10-6-7-11-15;/h3-12,16H2,1-2H3,(H,17,19);1H. The van der Waals surface area contributed by atoms with Crippen molar-refractivity contribution in [3.63, 3.8) is 0 Å². The number of nitrogens with one attached hydrogen (secondary N) is 1. The normalized spacial score (nSPS) is 24.2. The van der Waals surface area contributed by atoms with E-state index in [0.29, 0.717) is 0 Å². The molecule has 3 N–H and O–H groups in total. The third-order valence-electron chi connectivity index (χ3n) is 5.26. The lowest BCUT2D eigenvalue weighted by Gasteiger charge is -2.43. The molecule has 1 amide bonds. The summed E-state index contributed by atoms with van der Waals surface area (Å²) >= 11 is 0. The molecule has 0 saturated heterocycles. The molecule has 2 rings (SSSR count). The number of rotatable bonds is 4. The highest BCUT2D eigenvalue weighted by Crippen LogP contribution is 2.32. The Balaban J connectivity index is 0.00000200. The summed E-state index contributed by atoms with van der Waals surface area (Å²) in [6.07, 6.45) is 10.1. The van der Waals surface area contributed by atoms with Crippen molar-refractivity contribution in [2.24, 2.45) is 5.73 Å². The summed E-state index contributed by atoms with van der Waals surface area (Å²) in [5, 5.41) is 3.15. The van der Waals surface area contributed by atoms with E-state index >= 15 is 0 Å². The minimum absolute atomic E-state index is 0. The molecule has 0 aliphatic heterocycles. The second-order valence-electron chi connectivity index (χ2n) is 6.73. The van der Waals surface area contributed by atoms with E-state index < -0.39 is 5.54 Å². The van der Waals surface area contributed by atoms with Gasteiger partial charge in [0.15, 0.2) is 0 Å². The fourth-order valence-electron chi connectivity index (χ4n) is 3.65. The van der Waals surface area contributed by atoms with Gasteiger partial charge in [-0.05, 0) is 39.8 Å². The van der Waals surface area contributed by atoms with E-state index in [9.17, 15) is 4.79 Å². The van der Waals surface area contributed by atoms with Gasteiger partial charge >= 0.3 is 0 Å². The lowest BCUT2D eigenvalue weighted by atomic mass is 9.80. The zero-order valence-corrected chi connectivity index (χ0v) is 13.7. The number of carbonyl (C=O) groups is 1. The Morgan fingerprint density at radius 1 is 1.05 bits per heavy atom. The van der Waals surface area contributed by atoms with Crippen LogP contribution in [0.4, 0.5) is 0 Å². The van der Waals surface area contributed by atoms with Gasteiger partial charge in [-0.25, -0.2) is 0 Å². The zero-order valence-electron chi connectivity index (χ0n) is 12.9.